The molecule has 26 heavy (non-hydrogen) atoms. The van der Waals surface area contributed by atoms with Gasteiger partial charge in [-0.2, -0.15) is 0 Å². The molecule has 0 radical (unpaired) electrons. The van der Waals surface area contributed by atoms with Crippen LogP contribution in [0.4, 0.5) is 10.1 Å². The average Bonchev–Trinajstić information content (AvgIpc) is 3.05. The molecule has 1 aromatic heterocycles. The van der Waals surface area contributed by atoms with E-state index < -0.39 is 10.8 Å². The highest BCUT2D eigenvalue weighted by Gasteiger charge is 2.39. The zero-order chi connectivity index (χ0) is 18.3. The van der Waals surface area contributed by atoms with Crippen molar-refractivity contribution in [1.82, 2.24) is 9.29 Å². The van der Waals surface area contributed by atoms with Crippen LogP contribution in [0.5, 0.6) is 5.75 Å². The summed E-state index contributed by atoms with van der Waals surface area (Å²) in [6.45, 7) is 3.20. The fourth-order valence-electron chi connectivity index (χ4n) is 4.23. The lowest BCUT2D eigenvalue weighted by Gasteiger charge is -2.41. The summed E-state index contributed by atoms with van der Waals surface area (Å²) in [4.78, 5) is 6.63. The molecule has 0 aliphatic carbocycles. The van der Waals surface area contributed by atoms with Gasteiger partial charge in [-0.15, -0.1) is 10.8 Å². The van der Waals surface area contributed by atoms with Crippen LogP contribution < -0.4 is 9.64 Å². The Hall–Kier alpha value is -1.93. The van der Waals surface area contributed by atoms with Crippen molar-refractivity contribution in [2.75, 3.05) is 38.2 Å². The molecule has 3 heterocycles. The molecule has 2 saturated heterocycles. The van der Waals surface area contributed by atoms with Crippen molar-refractivity contribution in [3.63, 3.8) is 0 Å². The zero-order valence-electron chi connectivity index (χ0n) is 14.7. The normalized spacial score (nSPS) is 20.3. The molecule has 2 aliphatic heterocycles. The van der Waals surface area contributed by atoms with Crippen LogP contribution in [0.1, 0.15) is 19.3 Å². The molecule has 1 N–H and O–H groups in total. The SMILES string of the molecule is COc1cc2nccc(N3CCC4(CC3)CCN([S-](=N)=O)C4)c2cc1F. The second-order valence-corrected chi connectivity index (χ2v) is 8.20. The Kier molecular flexibility index (Phi) is 4.48. The summed E-state index contributed by atoms with van der Waals surface area (Å²) in [5.41, 5.74) is 1.87. The Labute approximate surface area is 154 Å². The fraction of sp³-hybridized carbons (Fsp3) is 0.500. The van der Waals surface area contributed by atoms with Crippen molar-refractivity contribution in [3.05, 3.63) is 30.2 Å². The summed E-state index contributed by atoms with van der Waals surface area (Å²) in [5.74, 6) is -0.179. The second kappa shape index (κ2) is 6.66. The molecule has 0 atom stereocenters. The number of pyridine rings is 1. The summed E-state index contributed by atoms with van der Waals surface area (Å²) in [7, 11) is -0.179. The lowest BCUT2D eigenvalue weighted by molar-refractivity contribution is 0.236. The molecular formula is C18H22FN4O2S-. The maximum atomic E-state index is 14.2. The van der Waals surface area contributed by atoms with Gasteiger partial charge in [-0.3, -0.25) is 4.98 Å². The van der Waals surface area contributed by atoms with Gasteiger partial charge in [0, 0.05) is 36.4 Å². The smallest absolute Gasteiger partial charge is 0.165 e. The third-order valence-electron chi connectivity index (χ3n) is 5.79. The van der Waals surface area contributed by atoms with E-state index in [0.717, 1.165) is 62.0 Å². The minimum absolute atomic E-state index is 0.157. The number of anilines is 1. The number of rotatable bonds is 3. The first-order valence-corrected chi connectivity index (χ1v) is 9.87. The Balaban J connectivity index is 1.57. The van der Waals surface area contributed by atoms with Gasteiger partial charge >= 0.3 is 0 Å². The lowest BCUT2D eigenvalue weighted by Crippen LogP contribution is -2.41. The predicted molar refractivity (Wildman–Crippen MR) is 99.1 cm³/mol. The van der Waals surface area contributed by atoms with Gasteiger partial charge in [-0.25, -0.2) is 4.39 Å². The molecule has 0 saturated carbocycles. The predicted octanol–water partition coefficient (Wildman–Crippen LogP) is 3.32. The average molecular weight is 377 g/mol. The molecule has 0 unspecified atom stereocenters. The summed E-state index contributed by atoms with van der Waals surface area (Å²) >= 11 is 0. The summed E-state index contributed by atoms with van der Waals surface area (Å²) < 4.78 is 39.9. The number of nitrogens with zero attached hydrogens (tertiary/aromatic N) is 3. The van der Waals surface area contributed by atoms with Crippen LogP contribution in [0.25, 0.3) is 10.9 Å². The van der Waals surface area contributed by atoms with Crippen LogP contribution in [0.3, 0.4) is 0 Å². The van der Waals surface area contributed by atoms with E-state index in [9.17, 15) is 8.60 Å². The van der Waals surface area contributed by atoms with Crippen LogP contribution in [-0.4, -0.2) is 42.6 Å². The number of piperidine rings is 1. The molecular weight excluding hydrogens is 355 g/mol. The van der Waals surface area contributed by atoms with E-state index in [0.29, 0.717) is 0 Å². The molecule has 2 aromatic rings. The molecule has 0 bridgehead atoms. The Morgan fingerprint density at radius 3 is 2.65 bits per heavy atom. The van der Waals surface area contributed by atoms with Crippen LogP contribution in [0.15, 0.2) is 24.4 Å². The van der Waals surface area contributed by atoms with E-state index in [1.165, 1.54) is 13.2 Å². The van der Waals surface area contributed by atoms with Gasteiger partial charge in [0.2, 0.25) is 0 Å². The monoisotopic (exact) mass is 377 g/mol. The molecule has 2 fully saturated rings. The first kappa shape index (κ1) is 17.5. The van der Waals surface area contributed by atoms with E-state index in [4.69, 9.17) is 9.52 Å². The van der Waals surface area contributed by atoms with Crippen molar-refractivity contribution >= 4 is 27.4 Å². The van der Waals surface area contributed by atoms with Gasteiger partial charge < -0.3 is 22.9 Å². The number of benzene rings is 1. The standard InChI is InChI=1S/C18H22FN4O2S/c1-25-17-11-15-13(10-14(17)19)16(2-6-21-15)22-7-3-18(4-8-22)5-9-23(12-18)26(20)24/h2,6,10-11,20H,3-5,7-9,12H2,1H3/q-1. The number of methoxy groups -OCH3 is 1. The van der Waals surface area contributed by atoms with Gasteiger partial charge in [-0.1, -0.05) is 0 Å². The van der Waals surface area contributed by atoms with Crippen molar-refractivity contribution in [2.24, 2.45) is 5.41 Å². The van der Waals surface area contributed by atoms with Gasteiger partial charge in [0.05, 0.1) is 12.6 Å². The molecule has 1 aromatic carbocycles. The second-order valence-electron chi connectivity index (χ2n) is 7.18. The van der Waals surface area contributed by atoms with E-state index in [1.54, 1.807) is 16.6 Å². The van der Waals surface area contributed by atoms with Crippen LogP contribution in [-0.2, 0) is 15.0 Å². The summed E-state index contributed by atoms with van der Waals surface area (Å²) in [5, 5.41) is 0.794. The first-order chi connectivity index (χ1) is 12.5. The summed E-state index contributed by atoms with van der Waals surface area (Å²) in [6, 6.07) is 5.07. The molecule has 8 heteroatoms. The molecule has 4 rings (SSSR count). The first-order valence-electron chi connectivity index (χ1n) is 8.77. The summed E-state index contributed by atoms with van der Waals surface area (Å²) in [6.07, 6.45) is 4.72. The number of fused-ring (bicyclic) bond motifs is 1. The van der Waals surface area contributed by atoms with E-state index in [1.807, 2.05) is 6.07 Å². The number of aromatic nitrogens is 1. The van der Waals surface area contributed by atoms with Gasteiger partial charge in [-0.05, 0) is 49.9 Å². The van der Waals surface area contributed by atoms with Crippen molar-refractivity contribution < 1.29 is 13.3 Å². The van der Waals surface area contributed by atoms with Crippen molar-refractivity contribution in [2.45, 2.75) is 19.3 Å². The van der Waals surface area contributed by atoms with Gasteiger partial charge in [0.1, 0.15) is 0 Å². The number of hydrogen-bond donors (Lipinski definition) is 1. The van der Waals surface area contributed by atoms with E-state index in [2.05, 4.69) is 9.88 Å². The maximum Gasteiger partial charge on any atom is 0.165 e. The molecule has 2 aliphatic rings. The molecule has 6 nitrogen and oxygen atoms in total. The minimum Gasteiger partial charge on any atom is -0.494 e. The van der Waals surface area contributed by atoms with Crippen molar-refractivity contribution in [1.29, 1.82) is 4.78 Å². The minimum atomic E-state index is -1.63. The topological polar surface area (TPSA) is 69.5 Å². The van der Waals surface area contributed by atoms with Gasteiger partial charge in [0.25, 0.3) is 0 Å². The Morgan fingerprint density at radius 2 is 2.00 bits per heavy atom. The van der Waals surface area contributed by atoms with Crippen LogP contribution >= 0.6 is 0 Å². The van der Waals surface area contributed by atoms with Crippen LogP contribution in [0.2, 0.25) is 0 Å². The van der Waals surface area contributed by atoms with Crippen LogP contribution in [0, 0.1) is 16.0 Å². The Morgan fingerprint density at radius 1 is 1.27 bits per heavy atom. The largest absolute Gasteiger partial charge is 0.494 e. The molecule has 140 valence electrons. The molecule has 0 amide bonds. The van der Waals surface area contributed by atoms with Crippen molar-refractivity contribution in [3.8, 4) is 5.75 Å². The van der Waals surface area contributed by atoms with E-state index >= 15 is 0 Å². The number of ether oxygens (including phenoxy) is 1. The lowest BCUT2D eigenvalue weighted by atomic mass is 9.77. The zero-order valence-corrected chi connectivity index (χ0v) is 15.5. The Bertz CT molecular complexity index is 901. The molecule has 1 spiro atoms. The quantitative estimate of drug-likeness (QED) is 0.833. The third kappa shape index (κ3) is 3.01. The number of nitrogens with one attached hydrogen (secondary N) is 1. The van der Waals surface area contributed by atoms with E-state index in [-0.39, 0.29) is 17.0 Å². The fourth-order valence-corrected chi connectivity index (χ4v) is 4.88. The number of halogens is 1. The highest BCUT2D eigenvalue weighted by molar-refractivity contribution is 7.70. The highest BCUT2D eigenvalue weighted by Crippen LogP contribution is 2.42. The third-order valence-corrected chi connectivity index (χ3v) is 6.58. The highest BCUT2D eigenvalue weighted by atomic mass is 32.2. The number of hydrogen-bond acceptors (Lipinski definition) is 6. The maximum absolute atomic E-state index is 14.2. The van der Waals surface area contributed by atoms with Gasteiger partial charge in [0.15, 0.2) is 11.6 Å².